The second-order valence-electron chi connectivity index (χ2n) is 4.61. The van der Waals surface area contributed by atoms with Gasteiger partial charge in [-0.05, 0) is 38.1 Å². The Balaban J connectivity index is 0.000000368. The van der Waals surface area contributed by atoms with Crippen molar-refractivity contribution in [2.45, 2.75) is 13.8 Å². The van der Waals surface area contributed by atoms with Crippen molar-refractivity contribution in [2.24, 2.45) is 0 Å². The highest BCUT2D eigenvalue weighted by Gasteiger charge is 1.90. The van der Waals surface area contributed by atoms with Crippen LogP contribution >= 0.6 is 0 Å². The van der Waals surface area contributed by atoms with E-state index in [0.717, 1.165) is 24.5 Å². The Bertz CT molecular complexity index is 667. The first-order valence-electron chi connectivity index (χ1n) is 7.41. The third-order valence-corrected chi connectivity index (χ3v) is 2.45. The van der Waals surface area contributed by atoms with Crippen molar-refractivity contribution in [3.8, 4) is 11.5 Å². The molecule has 0 bridgehead atoms. The van der Waals surface area contributed by atoms with E-state index in [0.29, 0.717) is 11.5 Å². The lowest BCUT2D eigenvalue weighted by Gasteiger charge is -2.01. The van der Waals surface area contributed by atoms with Gasteiger partial charge in [0.25, 0.3) is 0 Å². The van der Waals surface area contributed by atoms with Gasteiger partial charge in [-0.3, -0.25) is 9.11 Å². The molecule has 0 fully saturated rings. The van der Waals surface area contributed by atoms with Crippen LogP contribution in [0.2, 0.25) is 0 Å². The molecule has 140 valence electrons. The number of benzene rings is 2. The van der Waals surface area contributed by atoms with Gasteiger partial charge in [0.2, 0.25) is 0 Å². The normalized spacial score (nSPS) is 9.76. The van der Waals surface area contributed by atoms with Crippen LogP contribution in [0.25, 0.3) is 0 Å². The molecule has 0 heterocycles. The largest absolute Gasteiger partial charge is 0.508 e. The minimum atomic E-state index is -4.67. The zero-order chi connectivity index (χ0) is 19.3. The second kappa shape index (κ2) is 12.0. The maximum absolute atomic E-state index is 9.00. The summed E-state index contributed by atoms with van der Waals surface area (Å²) in [6.45, 7) is 5.79. The highest BCUT2D eigenvalue weighted by molar-refractivity contribution is 7.79. The Labute approximate surface area is 147 Å². The number of aromatic hydroxyl groups is 2. The fraction of sp³-hybridized carbons (Fsp3) is 0.250. The average molecular weight is 372 g/mol. The Kier molecular flexibility index (Phi) is 10.8. The van der Waals surface area contributed by atoms with Crippen LogP contribution in [0.1, 0.15) is 13.8 Å². The molecule has 0 saturated carbocycles. The molecule has 0 unspecified atom stereocenters. The van der Waals surface area contributed by atoms with Gasteiger partial charge >= 0.3 is 10.4 Å². The lowest BCUT2D eigenvalue weighted by Crippen LogP contribution is -1.94. The van der Waals surface area contributed by atoms with Gasteiger partial charge in [0.1, 0.15) is 11.5 Å². The van der Waals surface area contributed by atoms with E-state index in [1.165, 1.54) is 0 Å². The van der Waals surface area contributed by atoms with Crippen molar-refractivity contribution >= 4 is 21.8 Å². The summed E-state index contributed by atoms with van der Waals surface area (Å²) in [6.07, 6.45) is 0. The first kappa shape index (κ1) is 22.5. The van der Waals surface area contributed by atoms with Crippen molar-refractivity contribution in [2.75, 3.05) is 23.7 Å². The fourth-order valence-corrected chi connectivity index (χ4v) is 1.64. The lowest BCUT2D eigenvalue weighted by atomic mass is 10.3. The predicted molar refractivity (Wildman–Crippen MR) is 98.7 cm³/mol. The molecule has 0 aliphatic carbocycles. The van der Waals surface area contributed by atoms with Crippen LogP contribution in [0.4, 0.5) is 11.4 Å². The SMILES string of the molecule is CCNc1cccc(O)c1.CCNc1cccc(O)c1.O=S(=O)(O)O. The van der Waals surface area contributed by atoms with Crippen LogP contribution in [0.3, 0.4) is 0 Å². The van der Waals surface area contributed by atoms with E-state index >= 15 is 0 Å². The average Bonchev–Trinajstić information content (AvgIpc) is 2.47. The topological polar surface area (TPSA) is 139 Å². The molecule has 2 aromatic rings. The molecule has 25 heavy (non-hydrogen) atoms. The third kappa shape index (κ3) is 14.8. The predicted octanol–water partition coefficient (Wildman–Crippen LogP) is 3.00. The van der Waals surface area contributed by atoms with E-state index in [1.54, 1.807) is 24.3 Å². The molecule has 0 aromatic heterocycles. The first-order chi connectivity index (χ1) is 11.7. The standard InChI is InChI=1S/2C8H11NO.H2O4S/c2*1-2-9-7-4-3-5-8(10)6-7;1-5(2,3)4/h2*3-6,9-10H,2H2,1H3;(H2,1,2,3,4). The summed E-state index contributed by atoms with van der Waals surface area (Å²) < 4.78 is 31.6. The summed E-state index contributed by atoms with van der Waals surface area (Å²) in [5, 5.41) is 24.2. The highest BCUT2D eigenvalue weighted by Crippen LogP contribution is 2.15. The minimum Gasteiger partial charge on any atom is -0.508 e. The molecule has 8 nitrogen and oxygen atoms in total. The van der Waals surface area contributed by atoms with E-state index in [9.17, 15) is 0 Å². The van der Waals surface area contributed by atoms with Crippen LogP contribution in [0, 0.1) is 0 Å². The zero-order valence-electron chi connectivity index (χ0n) is 14.0. The van der Waals surface area contributed by atoms with Gasteiger partial charge in [-0.1, -0.05) is 12.1 Å². The van der Waals surface area contributed by atoms with Gasteiger partial charge in [0.15, 0.2) is 0 Å². The van der Waals surface area contributed by atoms with Crippen LogP contribution in [0.5, 0.6) is 11.5 Å². The Morgan fingerprint density at radius 2 is 1.12 bits per heavy atom. The summed E-state index contributed by atoms with van der Waals surface area (Å²) in [5.41, 5.74) is 1.92. The van der Waals surface area contributed by atoms with Gasteiger partial charge in [-0.15, -0.1) is 0 Å². The molecular weight excluding hydrogens is 348 g/mol. The van der Waals surface area contributed by atoms with E-state index in [-0.39, 0.29) is 0 Å². The summed E-state index contributed by atoms with van der Waals surface area (Å²) >= 11 is 0. The number of phenolic OH excluding ortho intramolecular Hbond substituents is 2. The Morgan fingerprint density at radius 3 is 1.36 bits per heavy atom. The molecule has 0 aliphatic rings. The molecular formula is C16H24N2O6S. The maximum atomic E-state index is 9.00. The van der Waals surface area contributed by atoms with Gasteiger partial charge in [0, 0.05) is 36.6 Å². The molecule has 0 atom stereocenters. The number of hydrogen-bond donors (Lipinski definition) is 6. The van der Waals surface area contributed by atoms with Crippen LogP contribution in [0.15, 0.2) is 48.5 Å². The number of phenols is 2. The van der Waals surface area contributed by atoms with Gasteiger partial charge in [-0.2, -0.15) is 8.42 Å². The van der Waals surface area contributed by atoms with Crippen LogP contribution in [-0.2, 0) is 10.4 Å². The van der Waals surface area contributed by atoms with E-state index in [4.69, 9.17) is 27.7 Å². The second-order valence-corrected chi connectivity index (χ2v) is 5.50. The number of hydrogen-bond acceptors (Lipinski definition) is 6. The summed E-state index contributed by atoms with van der Waals surface area (Å²) in [7, 11) is -4.67. The first-order valence-corrected chi connectivity index (χ1v) is 8.81. The smallest absolute Gasteiger partial charge is 0.394 e. The molecule has 0 spiro atoms. The van der Waals surface area contributed by atoms with Crippen molar-refractivity contribution in [3.63, 3.8) is 0 Å². The quantitative estimate of drug-likeness (QED) is 0.450. The van der Waals surface area contributed by atoms with E-state index < -0.39 is 10.4 Å². The van der Waals surface area contributed by atoms with Crippen LogP contribution in [-0.4, -0.2) is 40.8 Å². The molecule has 0 radical (unpaired) electrons. The van der Waals surface area contributed by atoms with Crippen molar-refractivity contribution in [1.82, 2.24) is 0 Å². The van der Waals surface area contributed by atoms with E-state index in [1.807, 2.05) is 38.1 Å². The van der Waals surface area contributed by atoms with Crippen molar-refractivity contribution in [3.05, 3.63) is 48.5 Å². The van der Waals surface area contributed by atoms with Crippen molar-refractivity contribution in [1.29, 1.82) is 0 Å². The molecule has 2 aromatic carbocycles. The van der Waals surface area contributed by atoms with Gasteiger partial charge in [-0.25, -0.2) is 0 Å². The fourth-order valence-electron chi connectivity index (χ4n) is 1.64. The van der Waals surface area contributed by atoms with Crippen LogP contribution < -0.4 is 10.6 Å². The van der Waals surface area contributed by atoms with Crippen molar-refractivity contribution < 1.29 is 27.7 Å². The summed E-state index contributed by atoms with van der Waals surface area (Å²) in [4.78, 5) is 0. The summed E-state index contributed by atoms with van der Waals surface area (Å²) in [5.74, 6) is 0.608. The number of nitrogens with one attached hydrogen (secondary N) is 2. The van der Waals surface area contributed by atoms with E-state index in [2.05, 4.69) is 10.6 Å². The molecule has 0 aliphatic heterocycles. The zero-order valence-corrected chi connectivity index (χ0v) is 14.9. The molecule has 0 amide bonds. The maximum Gasteiger partial charge on any atom is 0.394 e. The molecule has 0 saturated heterocycles. The minimum absolute atomic E-state index is 0.304. The molecule has 6 N–H and O–H groups in total. The number of anilines is 2. The Hall–Kier alpha value is -2.49. The third-order valence-electron chi connectivity index (χ3n) is 2.45. The highest BCUT2D eigenvalue weighted by atomic mass is 32.3. The van der Waals surface area contributed by atoms with Gasteiger partial charge in [0.05, 0.1) is 0 Å². The lowest BCUT2D eigenvalue weighted by molar-refractivity contribution is 0.381. The Morgan fingerprint density at radius 1 is 0.800 bits per heavy atom. The molecule has 2 rings (SSSR count). The van der Waals surface area contributed by atoms with Gasteiger partial charge < -0.3 is 20.8 Å². The number of rotatable bonds is 4. The summed E-state index contributed by atoms with van der Waals surface area (Å²) in [6, 6.07) is 14.2. The molecule has 9 heteroatoms. The monoisotopic (exact) mass is 372 g/mol.